The van der Waals surface area contributed by atoms with Gasteiger partial charge in [0.15, 0.2) is 0 Å². The van der Waals surface area contributed by atoms with Crippen LogP contribution in [0.4, 0.5) is 5.69 Å². The molecule has 0 fully saturated rings. The lowest BCUT2D eigenvalue weighted by Crippen LogP contribution is -1.72. The molecule has 1 aromatic heterocycles. The lowest BCUT2D eigenvalue weighted by molar-refractivity contribution is 0.565. The molecule has 1 rings (SSSR count). The van der Waals surface area contributed by atoms with Gasteiger partial charge >= 0.3 is 0 Å². The second-order valence-electron chi connectivity index (χ2n) is 1.52. The van der Waals surface area contributed by atoms with E-state index in [0.717, 1.165) is 0 Å². The van der Waals surface area contributed by atoms with Crippen molar-refractivity contribution >= 4 is 27.7 Å². The molecule has 0 aliphatic heterocycles. The van der Waals surface area contributed by atoms with Crippen LogP contribution in [0.5, 0.6) is 0 Å². The van der Waals surface area contributed by atoms with E-state index in [2.05, 4.69) is 25.9 Å². The van der Waals surface area contributed by atoms with E-state index in [4.69, 9.17) is 0 Å². The largest absolute Gasteiger partial charge is 0.247 e. The molecule has 0 atom stereocenters. The molecule has 0 spiro atoms. The van der Waals surface area contributed by atoms with Crippen molar-refractivity contribution in [2.45, 2.75) is 0 Å². The Labute approximate surface area is 65.9 Å². The SMILES string of the molecule is O=C=Nc1cccnc1Br. The third kappa shape index (κ3) is 1.50. The van der Waals surface area contributed by atoms with Gasteiger partial charge in [0.25, 0.3) is 0 Å². The molecule has 0 unspecified atom stereocenters. The van der Waals surface area contributed by atoms with Gasteiger partial charge < -0.3 is 0 Å². The lowest BCUT2D eigenvalue weighted by Gasteiger charge is -1.90. The molecule has 0 bridgehead atoms. The monoisotopic (exact) mass is 198 g/mol. The van der Waals surface area contributed by atoms with Crippen LogP contribution in [0.25, 0.3) is 0 Å². The molecule has 0 aliphatic carbocycles. The zero-order chi connectivity index (χ0) is 7.40. The predicted octanol–water partition coefficient (Wildman–Crippen LogP) is 1.81. The van der Waals surface area contributed by atoms with Gasteiger partial charge in [-0.3, -0.25) is 0 Å². The van der Waals surface area contributed by atoms with Crippen LogP contribution in [0, 0.1) is 0 Å². The Bertz CT molecular complexity index is 281. The summed E-state index contributed by atoms with van der Waals surface area (Å²) in [6.07, 6.45) is 3.03. The minimum atomic E-state index is 0.498. The van der Waals surface area contributed by atoms with Gasteiger partial charge in [0, 0.05) is 6.20 Å². The molecule has 3 nitrogen and oxygen atoms in total. The first-order valence-corrected chi connectivity index (χ1v) is 3.32. The quantitative estimate of drug-likeness (QED) is 0.393. The summed E-state index contributed by atoms with van der Waals surface area (Å²) in [6, 6.07) is 3.36. The van der Waals surface area contributed by atoms with Crippen LogP contribution < -0.4 is 0 Å². The summed E-state index contributed by atoms with van der Waals surface area (Å²) >= 11 is 3.11. The van der Waals surface area contributed by atoms with Gasteiger partial charge in [0.2, 0.25) is 6.08 Å². The van der Waals surface area contributed by atoms with Crippen molar-refractivity contribution in [3.05, 3.63) is 22.9 Å². The number of nitrogens with zero attached hydrogens (tertiary/aromatic N) is 2. The van der Waals surface area contributed by atoms with Gasteiger partial charge in [0.05, 0.1) is 0 Å². The number of hydrogen-bond donors (Lipinski definition) is 0. The summed E-state index contributed by atoms with van der Waals surface area (Å²) in [6.45, 7) is 0. The summed E-state index contributed by atoms with van der Waals surface area (Å²) in [5, 5.41) is 0. The second-order valence-corrected chi connectivity index (χ2v) is 2.27. The molecule has 10 heavy (non-hydrogen) atoms. The van der Waals surface area contributed by atoms with E-state index >= 15 is 0 Å². The number of rotatable bonds is 1. The van der Waals surface area contributed by atoms with Crippen molar-refractivity contribution in [3.63, 3.8) is 0 Å². The average Bonchev–Trinajstić information content (AvgIpc) is 1.94. The number of hydrogen-bond acceptors (Lipinski definition) is 3. The number of aromatic nitrogens is 1. The molecule has 0 aromatic carbocycles. The maximum Gasteiger partial charge on any atom is 0.240 e. The number of halogens is 1. The van der Waals surface area contributed by atoms with Gasteiger partial charge in [-0.2, -0.15) is 4.99 Å². The summed E-state index contributed by atoms with van der Waals surface area (Å²) < 4.78 is 0.554. The molecule has 50 valence electrons. The number of carbonyl (C=O) groups excluding carboxylic acids is 1. The van der Waals surface area contributed by atoms with Crippen molar-refractivity contribution < 1.29 is 4.79 Å². The molecule has 0 aliphatic rings. The Morgan fingerprint density at radius 2 is 2.50 bits per heavy atom. The van der Waals surface area contributed by atoms with Gasteiger partial charge in [-0.15, -0.1) is 0 Å². The van der Waals surface area contributed by atoms with Crippen molar-refractivity contribution in [1.82, 2.24) is 4.98 Å². The normalized spacial score (nSPS) is 8.50. The van der Waals surface area contributed by atoms with Crippen molar-refractivity contribution in [3.8, 4) is 0 Å². The highest BCUT2D eigenvalue weighted by Crippen LogP contribution is 2.20. The third-order valence-electron chi connectivity index (χ3n) is 0.905. The fourth-order valence-electron chi connectivity index (χ4n) is 0.510. The number of aliphatic imine (C=N–C) groups is 1. The van der Waals surface area contributed by atoms with Crippen LogP contribution in [-0.4, -0.2) is 11.1 Å². The van der Waals surface area contributed by atoms with Crippen LogP contribution >= 0.6 is 15.9 Å². The number of isocyanates is 1. The Balaban J connectivity index is 3.14. The van der Waals surface area contributed by atoms with Gasteiger partial charge in [-0.05, 0) is 28.1 Å². The first-order chi connectivity index (χ1) is 4.84. The third-order valence-corrected chi connectivity index (χ3v) is 1.52. The van der Waals surface area contributed by atoms with Crippen LogP contribution in [0.2, 0.25) is 0 Å². The van der Waals surface area contributed by atoms with E-state index in [0.29, 0.717) is 10.3 Å². The maximum atomic E-state index is 9.79. The predicted molar refractivity (Wildman–Crippen MR) is 39.7 cm³/mol. The molecular weight excluding hydrogens is 196 g/mol. The second kappa shape index (κ2) is 3.25. The highest BCUT2D eigenvalue weighted by Gasteiger charge is 1.94. The zero-order valence-electron chi connectivity index (χ0n) is 4.91. The fourth-order valence-corrected chi connectivity index (χ4v) is 0.849. The Morgan fingerprint density at radius 3 is 3.10 bits per heavy atom. The van der Waals surface area contributed by atoms with Gasteiger partial charge in [0.1, 0.15) is 10.3 Å². The van der Waals surface area contributed by atoms with Crippen LogP contribution in [-0.2, 0) is 4.79 Å². The van der Waals surface area contributed by atoms with E-state index in [1.807, 2.05) is 0 Å². The summed E-state index contributed by atoms with van der Waals surface area (Å²) in [4.78, 5) is 17.0. The van der Waals surface area contributed by atoms with E-state index in [1.165, 1.54) is 6.08 Å². The van der Waals surface area contributed by atoms with E-state index < -0.39 is 0 Å². The maximum absolute atomic E-state index is 9.79. The topological polar surface area (TPSA) is 42.3 Å². The summed E-state index contributed by atoms with van der Waals surface area (Å²) in [5.41, 5.74) is 0.498. The highest BCUT2D eigenvalue weighted by atomic mass is 79.9. The van der Waals surface area contributed by atoms with E-state index in [-0.39, 0.29) is 0 Å². The Kier molecular flexibility index (Phi) is 2.31. The highest BCUT2D eigenvalue weighted by molar-refractivity contribution is 9.10. The first kappa shape index (κ1) is 7.12. The Hall–Kier alpha value is -0.990. The molecule has 0 radical (unpaired) electrons. The fraction of sp³-hybridized carbons (Fsp3) is 0. The molecule has 0 saturated carbocycles. The molecule has 0 N–H and O–H groups in total. The van der Waals surface area contributed by atoms with E-state index in [9.17, 15) is 4.79 Å². The zero-order valence-corrected chi connectivity index (χ0v) is 6.50. The molecule has 1 heterocycles. The first-order valence-electron chi connectivity index (χ1n) is 2.53. The minimum Gasteiger partial charge on any atom is -0.247 e. The van der Waals surface area contributed by atoms with Crippen LogP contribution in [0.3, 0.4) is 0 Å². The van der Waals surface area contributed by atoms with E-state index in [1.54, 1.807) is 18.3 Å². The van der Waals surface area contributed by atoms with Crippen molar-refractivity contribution in [2.75, 3.05) is 0 Å². The average molecular weight is 199 g/mol. The molecule has 0 saturated heterocycles. The van der Waals surface area contributed by atoms with Crippen molar-refractivity contribution in [2.24, 2.45) is 4.99 Å². The summed E-state index contributed by atoms with van der Waals surface area (Å²) in [5.74, 6) is 0. The molecule has 0 amide bonds. The minimum absolute atomic E-state index is 0.498. The number of pyridine rings is 1. The van der Waals surface area contributed by atoms with Gasteiger partial charge in [-0.1, -0.05) is 0 Å². The molecule has 1 aromatic rings. The smallest absolute Gasteiger partial charge is 0.240 e. The summed E-state index contributed by atoms with van der Waals surface area (Å²) in [7, 11) is 0. The van der Waals surface area contributed by atoms with Crippen LogP contribution in [0.1, 0.15) is 0 Å². The molecular formula is C6H3BrN2O. The van der Waals surface area contributed by atoms with Crippen LogP contribution in [0.15, 0.2) is 27.9 Å². The standard InChI is InChI=1S/C6H3BrN2O/c7-6-5(9-4-10)2-1-3-8-6/h1-3H. The lowest BCUT2D eigenvalue weighted by atomic mass is 10.4. The van der Waals surface area contributed by atoms with Gasteiger partial charge in [-0.25, -0.2) is 9.78 Å². The molecule has 4 heteroatoms. The van der Waals surface area contributed by atoms with Crippen molar-refractivity contribution in [1.29, 1.82) is 0 Å². The Morgan fingerprint density at radius 1 is 1.70 bits per heavy atom.